The SMILES string of the molecule is CCCCCCCCCCCC(=O)OC[C@@H](COC(=O)CCCCCCC)OC(=O)CCCCCCCCCCCC(C)C. The maximum atomic E-state index is 12.6. The molecule has 0 aromatic heterocycles. The van der Waals surface area contributed by atoms with Crippen molar-refractivity contribution in [1.82, 2.24) is 0 Å². The van der Waals surface area contributed by atoms with Crippen molar-refractivity contribution in [3.63, 3.8) is 0 Å². The first kappa shape index (κ1) is 42.4. The first-order chi connectivity index (χ1) is 21.4. The van der Waals surface area contributed by atoms with Crippen LogP contribution in [0.15, 0.2) is 0 Å². The fourth-order valence-electron chi connectivity index (χ4n) is 5.39. The van der Waals surface area contributed by atoms with E-state index in [-0.39, 0.29) is 31.1 Å². The molecule has 0 saturated carbocycles. The summed E-state index contributed by atoms with van der Waals surface area (Å²) < 4.78 is 16.5. The van der Waals surface area contributed by atoms with E-state index in [4.69, 9.17) is 14.2 Å². The lowest BCUT2D eigenvalue weighted by atomic mass is 10.0. The van der Waals surface area contributed by atoms with E-state index in [2.05, 4.69) is 27.7 Å². The van der Waals surface area contributed by atoms with Gasteiger partial charge in [0.2, 0.25) is 0 Å². The van der Waals surface area contributed by atoms with Gasteiger partial charge in [-0.25, -0.2) is 0 Å². The summed E-state index contributed by atoms with van der Waals surface area (Å²) in [5, 5.41) is 0. The van der Waals surface area contributed by atoms with E-state index >= 15 is 0 Å². The quantitative estimate of drug-likeness (QED) is 0.0410. The van der Waals surface area contributed by atoms with Crippen LogP contribution in [-0.4, -0.2) is 37.2 Å². The highest BCUT2D eigenvalue weighted by Crippen LogP contribution is 2.15. The molecule has 0 aromatic rings. The largest absolute Gasteiger partial charge is 0.462 e. The monoisotopic (exact) mass is 625 g/mol. The highest BCUT2D eigenvalue weighted by molar-refractivity contribution is 5.71. The first-order valence-electron chi connectivity index (χ1n) is 18.9. The van der Waals surface area contributed by atoms with Gasteiger partial charge < -0.3 is 14.2 Å². The fourth-order valence-corrected chi connectivity index (χ4v) is 5.39. The molecular weight excluding hydrogens is 552 g/mol. The summed E-state index contributed by atoms with van der Waals surface area (Å²) in [6.07, 6.45) is 28.3. The average Bonchev–Trinajstić information content (AvgIpc) is 3.00. The lowest BCUT2D eigenvalue weighted by molar-refractivity contribution is -0.167. The van der Waals surface area contributed by atoms with Crippen molar-refractivity contribution in [3.05, 3.63) is 0 Å². The first-order valence-corrected chi connectivity index (χ1v) is 18.9. The number of carbonyl (C=O) groups is 3. The number of ether oxygens (including phenoxy) is 3. The Morgan fingerprint density at radius 1 is 0.432 bits per heavy atom. The van der Waals surface area contributed by atoms with Gasteiger partial charge in [0.1, 0.15) is 13.2 Å². The third-order valence-electron chi connectivity index (χ3n) is 8.29. The van der Waals surface area contributed by atoms with Gasteiger partial charge in [0.05, 0.1) is 0 Å². The van der Waals surface area contributed by atoms with Crippen molar-refractivity contribution in [2.45, 2.75) is 207 Å². The van der Waals surface area contributed by atoms with Crippen molar-refractivity contribution < 1.29 is 28.6 Å². The van der Waals surface area contributed by atoms with Crippen LogP contribution in [0.1, 0.15) is 201 Å². The third kappa shape index (κ3) is 31.8. The smallest absolute Gasteiger partial charge is 0.306 e. The minimum atomic E-state index is -0.755. The Morgan fingerprint density at radius 3 is 1.11 bits per heavy atom. The summed E-state index contributed by atoms with van der Waals surface area (Å²) in [6.45, 7) is 8.84. The number of hydrogen-bond acceptors (Lipinski definition) is 6. The van der Waals surface area contributed by atoms with Crippen LogP contribution in [0.4, 0.5) is 0 Å². The van der Waals surface area contributed by atoms with Crippen LogP contribution < -0.4 is 0 Å². The number of esters is 3. The molecule has 0 aliphatic carbocycles. The van der Waals surface area contributed by atoms with Gasteiger partial charge in [-0.2, -0.15) is 0 Å². The molecule has 0 bridgehead atoms. The van der Waals surface area contributed by atoms with Crippen molar-refractivity contribution in [3.8, 4) is 0 Å². The molecule has 0 N–H and O–H groups in total. The van der Waals surface area contributed by atoms with Crippen molar-refractivity contribution in [1.29, 1.82) is 0 Å². The highest BCUT2D eigenvalue weighted by Gasteiger charge is 2.19. The van der Waals surface area contributed by atoms with Gasteiger partial charge in [-0.05, 0) is 25.2 Å². The summed E-state index contributed by atoms with van der Waals surface area (Å²) in [7, 11) is 0. The molecule has 0 radical (unpaired) electrons. The van der Waals surface area contributed by atoms with E-state index in [1.54, 1.807) is 0 Å². The molecule has 0 unspecified atom stereocenters. The molecule has 0 aliphatic heterocycles. The molecule has 0 heterocycles. The number of unbranched alkanes of at least 4 members (excludes halogenated alkanes) is 20. The lowest BCUT2D eigenvalue weighted by Crippen LogP contribution is -2.30. The maximum absolute atomic E-state index is 12.6. The Labute approximate surface area is 272 Å². The molecule has 44 heavy (non-hydrogen) atoms. The standard InChI is InChI=1S/C38H72O6/c1-5-7-9-11-12-14-18-22-26-30-37(40)43-33-35(32-42-36(39)29-25-20-10-8-6-2)44-38(41)31-27-23-19-16-13-15-17-21-24-28-34(3)4/h34-35H,5-33H2,1-4H3/t35-/m1/s1. The van der Waals surface area contributed by atoms with Crippen molar-refractivity contribution in [2.24, 2.45) is 5.92 Å². The van der Waals surface area contributed by atoms with Crippen LogP contribution in [0.3, 0.4) is 0 Å². The van der Waals surface area contributed by atoms with Crippen LogP contribution in [0.2, 0.25) is 0 Å². The minimum absolute atomic E-state index is 0.0665. The second-order valence-electron chi connectivity index (χ2n) is 13.3. The van der Waals surface area contributed by atoms with E-state index in [9.17, 15) is 14.4 Å². The Kier molecular flexibility index (Phi) is 31.6. The van der Waals surface area contributed by atoms with Gasteiger partial charge in [-0.3, -0.25) is 14.4 Å². The van der Waals surface area contributed by atoms with E-state index in [0.717, 1.165) is 70.1 Å². The second kappa shape index (κ2) is 32.8. The zero-order valence-electron chi connectivity index (χ0n) is 29.6. The molecule has 0 aromatic carbocycles. The zero-order chi connectivity index (χ0) is 32.5. The maximum Gasteiger partial charge on any atom is 0.306 e. The number of rotatable bonds is 33. The molecule has 1 atom stereocenters. The molecule has 0 spiro atoms. The topological polar surface area (TPSA) is 78.9 Å². The summed E-state index contributed by atoms with van der Waals surface area (Å²) in [5.41, 5.74) is 0. The van der Waals surface area contributed by atoms with Gasteiger partial charge in [-0.1, -0.05) is 163 Å². The fraction of sp³-hybridized carbons (Fsp3) is 0.921. The zero-order valence-corrected chi connectivity index (χ0v) is 29.6. The highest BCUT2D eigenvalue weighted by atomic mass is 16.6. The third-order valence-corrected chi connectivity index (χ3v) is 8.29. The molecule has 6 heteroatoms. The number of carbonyl (C=O) groups excluding carboxylic acids is 3. The molecule has 260 valence electrons. The summed E-state index contributed by atoms with van der Waals surface area (Å²) >= 11 is 0. The normalized spacial score (nSPS) is 11.9. The summed E-state index contributed by atoms with van der Waals surface area (Å²) in [4.78, 5) is 37.1. The number of hydrogen-bond donors (Lipinski definition) is 0. The van der Waals surface area contributed by atoms with Crippen molar-refractivity contribution >= 4 is 17.9 Å². The minimum Gasteiger partial charge on any atom is -0.462 e. The van der Waals surface area contributed by atoms with E-state index in [1.165, 1.54) is 89.9 Å². The van der Waals surface area contributed by atoms with Crippen LogP contribution in [-0.2, 0) is 28.6 Å². The Morgan fingerprint density at radius 2 is 0.750 bits per heavy atom. The van der Waals surface area contributed by atoms with E-state index in [1.807, 2.05) is 0 Å². The van der Waals surface area contributed by atoms with Gasteiger partial charge in [0.15, 0.2) is 6.10 Å². The molecule has 0 aliphatic rings. The Bertz CT molecular complexity index is 662. The Hall–Kier alpha value is -1.59. The molecule has 0 saturated heterocycles. The average molecular weight is 625 g/mol. The predicted octanol–water partition coefficient (Wildman–Crippen LogP) is 11.2. The van der Waals surface area contributed by atoms with Crippen LogP contribution in [0.5, 0.6) is 0 Å². The molecule has 0 fully saturated rings. The van der Waals surface area contributed by atoms with Gasteiger partial charge in [-0.15, -0.1) is 0 Å². The Balaban J connectivity index is 4.28. The van der Waals surface area contributed by atoms with Crippen molar-refractivity contribution in [2.75, 3.05) is 13.2 Å². The van der Waals surface area contributed by atoms with Crippen LogP contribution in [0, 0.1) is 5.92 Å². The molecular formula is C38H72O6. The summed E-state index contributed by atoms with van der Waals surface area (Å²) in [6, 6.07) is 0. The lowest BCUT2D eigenvalue weighted by Gasteiger charge is -2.18. The van der Waals surface area contributed by atoms with Gasteiger partial charge in [0.25, 0.3) is 0 Å². The van der Waals surface area contributed by atoms with Crippen LogP contribution in [0.25, 0.3) is 0 Å². The van der Waals surface area contributed by atoms with E-state index < -0.39 is 6.10 Å². The van der Waals surface area contributed by atoms with Crippen LogP contribution >= 0.6 is 0 Å². The molecule has 0 amide bonds. The second-order valence-corrected chi connectivity index (χ2v) is 13.3. The predicted molar refractivity (Wildman–Crippen MR) is 183 cm³/mol. The van der Waals surface area contributed by atoms with E-state index in [0.29, 0.717) is 19.3 Å². The van der Waals surface area contributed by atoms with Gasteiger partial charge >= 0.3 is 17.9 Å². The summed E-state index contributed by atoms with van der Waals surface area (Å²) in [5.74, 6) is -0.0770. The molecule has 6 nitrogen and oxygen atoms in total. The molecule has 0 rings (SSSR count). The van der Waals surface area contributed by atoms with Gasteiger partial charge in [0, 0.05) is 19.3 Å².